The molecule has 0 radical (unpaired) electrons. The smallest absolute Gasteiger partial charge is 0.319 e. The predicted molar refractivity (Wildman–Crippen MR) is 102 cm³/mol. The molecule has 1 amide bonds. The normalized spacial score (nSPS) is 22.3. The quantitative estimate of drug-likeness (QED) is 0.750. The van der Waals surface area contributed by atoms with E-state index in [0.717, 1.165) is 57.4 Å². The number of pyridine rings is 1. The number of nitrogens with one attached hydrogen (secondary N) is 1. The van der Waals surface area contributed by atoms with Crippen LogP contribution in [0.2, 0.25) is 0 Å². The van der Waals surface area contributed by atoms with Crippen LogP contribution in [0.4, 0.5) is 0 Å². The molecule has 0 bridgehead atoms. The number of piperidine rings is 2. The van der Waals surface area contributed by atoms with E-state index in [4.69, 9.17) is 4.74 Å². The number of aromatic nitrogens is 1. The third-order valence-electron chi connectivity index (χ3n) is 5.67. The summed E-state index contributed by atoms with van der Waals surface area (Å²) in [6, 6.07) is 4.37. The first kappa shape index (κ1) is 19.8. The fourth-order valence-electron chi connectivity index (χ4n) is 4.08. The highest BCUT2D eigenvalue weighted by molar-refractivity contribution is 5.79. The van der Waals surface area contributed by atoms with Crippen LogP contribution in [0.3, 0.4) is 0 Å². The molecule has 3 rings (SSSR count). The van der Waals surface area contributed by atoms with E-state index in [9.17, 15) is 9.59 Å². The molecule has 0 aromatic carbocycles. The Bertz CT molecular complexity index is 617. The lowest BCUT2D eigenvalue weighted by atomic mass is 9.93. The number of nitrogens with zero attached hydrogens (tertiary/aromatic N) is 3. The first-order chi connectivity index (χ1) is 13.2. The van der Waals surface area contributed by atoms with Crippen molar-refractivity contribution in [1.82, 2.24) is 20.1 Å². The molecule has 7 heteroatoms. The molecule has 2 aliphatic rings. The molecule has 3 heterocycles. The van der Waals surface area contributed by atoms with Crippen molar-refractivity contribution in [3.05, 3.63) is 30.1 Å². The lowest BCUT2D eigenvalue weighted by molar-refractivity contribution is -0.142. The summed E-state index contributed by atoms with van der Waals surface area (Å²) in [5.41, 5.74) is 1.02. The molecule has 1 aromatic heterocycles. The van der Waals surface area contributed by atoms with Crippen LogP contribution in [-0.2, 0) is 20.9 Å². The summed E-state index contributed by atoms with van der Waals surface area (Å²) in [5, 5.41) is 3.06. The van der Waals surface area contributed by atoms with E-state index in [0.29, 0.717) is 19.1 Å². The van der Waals surface area contributed by atoms with Gasteiger partial charge >= 0.3 is 5.97 Å². The molecule has 1 atom stereocenters. The van der Waals surface area contributed by atoms with Crippen LogP contribution in [-0.4, -0.2) is 72.5 Å². The molecule has 1 unspecified atom stereocenters. The maximum atomic E-state index is 12.6. The zero-order chi connectivity index (χ0) is 19.1. The highest BCUT2D eigenvalue weighted by Gasteiger charge is 2.31. The molecule has 0 aliphatic carbocycles. The first-order valence-electron chi connectivity index (χ1n) is 9.85. The van der Waals surface area contributed by atoms with Crippen molar-refractivity contribution >= 4 is 11.9 Å². The number of methoxy groups -OCH3 is 1. The van der Waals surface area contributed by atoms with Gasteiger partial charge in [-0.15, -0.1) is 0 Å². The molecule has 2 fully saturated rings. The molecule has 1 aromatic rings. The van der Waals surface area contributed by atoms with Gasteiger partial charge in [-0.3, -0.25) is 24.4 Å². The summed E-state index contributed by atoms with van der Waals surface area (Å²) in [4.78, 5) is 32.7. The van der Waals surface area contributed by atoms with Gasteiger partial charge in [0.2, 0.25) is 5.91 Å². The average molecular weight is 374 g/mol. The molecule has 27 heavy (non-hydrogen) atoms. The van der Waals surface area contributed by atoms with Crippen LogP contribution in [0.1, 0.15) is 31.2 Å². The number of likely N-dealkylation sites (tertiary alicyclic amines) is 2. The van der Waals surface area contributed by atoms with Crippen LogP contribution >= 0.6 is 0 Å². The lowest BCUT2D eigenvalue weighted by Gasteiger charge is -2.41. The van der Waals surface area contributed by atoms with Crippen LogP contribution in [0.15, 0.2) is 24.5 Å². The van der Waals surface area contributed by atoms with Crippen molar-refractivity contribution < 1.29 is 14.3 Å². The zero-order valence-electron chi connectivity index (χ0n) is 16.1. The average Bonchev–Trinajstić information content (AvgIpc) is 2.73. The van der Waals surface area contributed by atoms with Crippen molar-refractivity contribution in [2.45, 2.75) is 38.3 Å². The molecule has 7 nitrogen and oxygen atoms in total. The number of carbonyl (C=O) groups is 2. The van der Waals surface area contributed by atoms with E-state index >= 15 is 0 Å². The predicted octanol–water partition coefficient (Wildman–Crippen LogP) is 1.05. The standard InChI is InChI=1S/C20H30N4O3/c1-27-19(25)15-23-10-6-18(7-11-23)24-9-3-5-17(14-24)20(26)22-13-16-4-2-8-21-12-16/h2,4,8,12,17-18H,3,5-7,9-11,13-15H2,1H3,(H,22,26). The van der Waals surface area contributed by atoms with Crippen LogP contribution in [0.5, 0.6) is 0 Å². The maximum Gasteiger partial charge on any atom is 0.319 e. The minimum absolute atomic E-state index is 0.0588. The van der Waals surface area contributed by atoms with Crippen molar-refractivity contribution in [2.24, 2.45) is 5.92 Å². The highest BCUT2D eigenvalue weighted by atomic mass is 16.5. The van der Waals surface area contributed by atoms with Gasteiger partial charge in [-0.2, -0.15) is 0 Å². The Kier molecular flexibility index (Phi) is 7.18. The minimum atomic E-state index is -0.170. The van der Waals surface area contributed by atoms with Gasteiger partial charge in [-0.05, 0) is 43.9 Å². The maximum absolute atomic E-state index is 12.6. The Morgan fingerprint density at radius 2 is 2.07 bits per heavy atom. The van der Waals surface area contributed by atoms with Gasteiger partial charge in [0.1, 0.15) is 0 Å². The lowest BCUT2D eigenvalue weighted by Crippen LogP contribution is -2.51. The second kappa shape index (κ2) is 9.80. The Labute approximate surface area is 161 Å². The van der Waals surface area contributed by atoms with Gasteiger partial charge in [0.25, 0.3) is 0 Å². The van der Waals surface area contributed by atoms with Crippen LogP contribution in [0, 0.1) is 5.92 Å². The molecule has 2 saturated heterocycles. The zero-order valence-corrected chi connectivity index (χ0v) is 16.1. The van der Waals surface area contributed by atoms with Gasteiger partial charge in [0.15, 0.2) is 0 Å². The van der Waals surface area contributed by atoms with Crippen molar-refractivity contribution in [1.29, 1.82) is 0 Å². The largest absolute Gasteiger partial charge is 0.468 e. The second-order valence-corrected chi connectivity index (χ2v) is 7.50. The molecule has 0 saturated carbocycles. The number of ether oxygens (including phenoxy) is 1. The van der Waals surface area contributed by atoms with E-state index in [1.807, 2.05) is 12.1 Å². The van der Waals surface area contributed by atoms with Crippen molar-refractivity contribution in [3.8, 4) is 0 Å². The second-order valence-electron chi connectivity index (χ2n) is 7.50. The van der Waals surface area contributed by atoms with E-state index in [1.165, 1.54) is 7.11 Å². The molecular formula is C20H30N4O3. The number of hydrogen-bond donors (Lipinski definition) is 1. The Balaban J connectivity index is 1.44. The Hall–Kier alpha value is -1.99. The topological polar surface area (TPSA) is 74.8 Å². The number of hydrogen-bond acceptors (Lipinski definition) is 6. The molecule has 0 spiro atoms. The molecular weight excluding hydrogens is 344 g/mol. The van der Waals surface area contributed by atoms with E-state index < -0.39 is 0 Å². The fourth-order valence-corrected chi connectivity index (χ4v) is 4.08. The summed E-state index contributed by atoms with van der Waals surface area (Å²) < 4.78 is 4.75. The summed E-state index contributed by atoms with van der Waals surface area (Å²) in [5.74, 6) is 0.0342. The van der Waals surface area contributed by atoms with Crippen molar-refractivity contribution in [3.63, 3.8) is 0 Å². The van der Waals surface area contributed by atoms with Crippen molar-refractivity contribution in [2.75, 3.05) is 39.8 Å². The van der Waals surface area contributed by atoms with Crippen LogP contribution in [0.25, 0.3) is 0 Å². The Morgan fingerprint density at radius 1 is 1.26 bits per heavy atom. The van der Waals surface area contributed by atoms with Gasteiger partial charge in [-0.1, -0.05) is 6.07 Å². The third-order valence-corrected chi connectivity index (χ3v) is 5.67. The van der Waals surface area contributed by atoms with E-state index in [2.05, 4.69) is 20.1 Å². The van der Waals surface area contributed by atoms with Gasteiger partial charge < -0.3 is 10.1 Å². The summed E-state index contributed by atoms with van der Waals surface area (Å²) in [7, 11) is 1.43. The monoisotopic (exact) mass is 374 g/mol. The number of rotatable bonds is 6. The SMILES string of the molecule is COC(=O)CN1CCC(N2CCCC(C(=O)NCc3cccnc3)C2)CC1. The molecule has 2 aliphatic heterocycles. The van der Waals surface area contributed by atoms with E-state index in [1.54, 1.807) is 12.4 Å². The number of amides is 1. The summed E-state index contributed by atoms with van der Waals surface area (Å²) in [6.45, 7) is 4.63. The number of carbonyl (C=O) groups excluding carboxylic acids is 2. The minimum Gasteiger partial charge on any atom is -0.468 e. The van der Waals surface area contributed by atoms with Gasteiger partial charge in [0.05, 0.1) is 19.6 Å². The summed E-state index contributed by atoms with van der Waals surface area (Å²) >= 11 is 0. The Morgan fingerprint density at radius 3 is 2.78 bits per heavy atom. The number of esters is 1. The van der Waals surface area contributed by atoms with E-state index in [-0.39, 0.29) is 17.8 Å². The van der Waals surface area contributed by atoms with Gasteiger partial charge in [-0.25, -0.2) is 0 Å². The molecule has 1 N–H and O–H groups in total. The highest BCUT2D eigenvalue weighted by Crippen LogP contribution is 2.24. The molecule has 148 valence electrons. The summed E-state index contributed by atoms with van der Waals surface area (Å²) in [6.07, 6.45) is 7.63. The fraction of sp³-hybridized carbons (Fsp3) is 0.650. The van der Waals surface area contributed by atoms with Crippen LogP contribution < -0.4 is 5.32 Å². The first-order valence-corrected chi connectivity index (χ1v) is 9.85. The third kappa shape index (κ3) is 5.74. The van der Waals surface area contributed by atoms with Gasteiger partial charge in [0, 0.05) is 44.6 Å².